The van der Waals surface area contributed by atoms with E-state index in [1.807, 2.05) is 13.0 Å². The molecule has 1 aromatic carbocycles. The summed E-state index contributed by atoms with van der Waals surface area (Å²) in [5.74, 6) is -0.853. The predicted octanol–water partition coefficient (Wildman–Crippen LogP) is 2.99. The predicted molar refractivity (Wildman–Crippen MR) is 56.8 cm³/mol. The fourth-order valence-electron chi connectivity index (χ4n) is 1.68. The van der Waals surface area contributed by atoms with Gasteiger partial charge in [0.15, 0.2) is 0 Å². The molecule has 2 heteroatoms. The molecule has 0 fully saturated rings. The van der Waals surface area contributed by atoms with Gasteiger partial charge in [0.05, 0.1) is 5.56 Å². The molecule has 0 bridgehead atoms. The zero-order valence-corrected chi connectivity index (χ0v) is 9.09. The third kappa shape index (κ3) is 1.95. The summed E-state index contributed by atoms with van der Waals surface area (Å²) < 4.78 is 0. The Morgan fingerprint density at radius 2 is 1.86 bits per heavy atom. The molecule has 0 saturated carbocycles. The van der Waals surface area contributed by atoms with Gasteiger partial charge in [-0.2, -0.15) is 0 Å². The Balaban J connectivity index is 3.35. The molecule has 0 aliphatic heterocycles. The van der Waals surface area contributed by atoms with Crippen LogP contribution in [0.4, 0.5) is 0 Å². The normalized spacial score (nSPS) is 11.4. The van der Waals surface area contributed by atoms with Crippen LogP contribution in [0, 0.1) is 6.92 Å². The zero-order chi connectivity index (χ0) is 10.9. The Morgan fingerprint density at radius 1 is 1.29 bits per heavy atom. The molecule has 76 valence electrons. The van der Waals surface area contributed by atoms with Crippen molar-refractivity contribution < 1.29 is 9.90 Å². The molecule has 1 rings (SSSR count). The van der Waals surface area contributed by atoms with Crippen LogP contribution in [0.5, 0.6) is 0 Å². The molecule has 0 unspecified atom stereocenters. The molecular formula is C12H16O2. The average Bonchev–Trinajstić information content (AvgIpc) is 2.01. The van der Waals surface area contributed by atoms with Crippen LogP contribution in [-0.2, 0) is 5.41 Å². The van der Waals surface area contributed by atoms with E-state index in [0.717, 1.165) is 11.1 Å². The second kappa shape index (κ2) is 3.45. The minimum Gasteiger partial charge on any atom is -0.478 e. The second-order valence-corrected chi connectivity index (χ2v) is 4.53. The fraction of sp³-hybridized carbons (Fsp3) is 0.417. The molecule has 0 aromatic heterocycles. The lowest BCUT2D eigenvalue weighted by Crippen LogP contribution is -2.15. The summed E-state index contributed by atoms with van der Waals surface area (Å²) in [6.45, 7) is 8.12. The summed E-state index contributed by atoms with van der Waals surface area (Å²) in [6, 6.07) is 5.44. The highest BCUT2D eigenvalue weighted by Gasteiger charge is 2.19. The first-order valence-electron chi connectivity index (χ1n) is 4.67. The van der Waals surface area contributed by atoms with Gasteiger partial charge in [-0.05, 0) is 29.5 Å². The van der Waals surface area contributed by atoms with Crippen molar-refractivity contribution in [2.45, 2.75) is 33.1 Å². The van der Waals surface area contributed by atoms with Gasteiger partial charge in [-0.25, -0.2) is 4.79 Å². The lowest BCUT2D eigenvalue weighted by molar-refractivity contribution is 0.0696. The SMILES string of the molecule is Cc1c(C(=O)O)cccc1C(C)(C)C. The minimum absolute atomic E-state index is 0.00442. The Morgan fingerprint density at radius 3 is 2.29 bits per heavy atom. The van der Waals surface area contributed by atoms with E-state index in [2.05, 4.69) is 20.8 Å². The first-order valence-corrected chi connectivity index (χ1v) is 4.67. The summed E-state index contributed by atoms with van der Waals surface area (Å²) in [7, 11) is 0. The van der Waals surface area contributed by atoms with Gasteiger partial charge in [0.2, 0.25) is 0 Å². The topological polar surface area (TPSA) is 37.3 Å². The van der Waals surface area contributed by atoms with Crippen LogP contribution in [0.1, 0.15) is 42.3 Å². The zero-order valence-electron chi connectivity index (χ0n) is 9.09. The van der Waals surface area contributed by atoms with Gasteiger partial charge in [-0.1, -0.05) is 32.9 Å². The number of carboxylic acid groups (broad SMARTS) is 1. The van der Waals surface area contributed by atoms with E-state index in [1.165, 1.54) is 0 Å². The highest BCUT2D eigenvalue weighted by atomic mass is 16.4. The third-order valence-corrected chi connectivity index (χ3v) is 2.37. The monoisotopic (exact) mass is 192 g/mol. The van der Waals surface area contributed by atoms with Gasteiger partial charge in [-0.15, -0.1) is 0 Å². The van der Waals surface area contributed by atoms with E-state index < -0.39 is 5.97 Å². The molecule has 0 aliphatic rings. The van der Waals surface area contributed by atoms with Gasteiger partial charge in [0.25, 0.3) is 0 Å². The maximum atomic E-state index is 10.9. The van der Waals surface area contributed by atoms with Crippen molar-refractivity contribution >= 4 is 5.97 Å². The molecular weight excluding hydrogens is 176 g/mol. The summed E-state index contributed by atoms with van der Waals surface area (Å²) in [6.07, 6.45) is 0. The van der Waals surface area contributed by atoms with Crippen LogP contribution < -0.4 is 0 Å². The van der Waals surface area contributed by atoms with Gasteiger partial charge in [-0.3, -0.25) is 0 Å². The smallest absolute Gasteiger partial charge is 0.335 e. The summed E-state index contributed by atoms with van der Waals surface area (Å²) in [5.41, 5.74) is 2.36. The molecule has 0 aliphatic carbocycles. The number of carbonyl (C=O) groups is 1. The van der Waals surface area contributed by atoms with Crippen LogP contribution in [0.3, 0.4) is 0 Å². The largest absolute Gasteiger partial charge is 0.478 e. The third-order valence-electron chi connectivity index (χ3n) is 2.37. The van der Waals surface area contributed by atoms with Crippen molar-refractivity contribution in [2.24, 2.45) is 0 Å². The van der Waals surface area contributed by atoms with Crippen LogP contribution >= 0.6 is 0 Å². The van der Waals surface area contributed by atoms with Gasteiger partial charge < -0.3 is 5.11 Å². The quantitative estimate of drug-likeness (QED) is 0.742. The number of hydrogen-bond acceptors (Lipinski definition) is 1. The van der Waals surface area contributed by atoms with Crippen molar-refractivity contribution in [1.29, 1.82) is 0 Å². The first-order chi connectivity index (χ1) is 6.34. The molecule has 0 radical (unpaired) electrons. The summed E-state index contributed by atoms with van der Waals surface area (Å²) >= 11 is 0. The van der Waals surface area contributed by atoms with Gasteiger partial charge in [0.1, 0.15) is 0 Å². The molecule has 0 amide bonds. The number of aromatic carboxylic acids is 1. The fourth-order valence-corrected chi connectivity index (χ4v) is 1.68. The highest BCUT2D eigenvalue weighted by molar-refractivity contribution is 5.89. The van der Waals surface area contributed by atoms with Gasteiger partial charge >= 0.3 is 5.97 Å². The molecule has 1 aromatic rings. The van der Waals surface area contributed by atoms with E-state index in [9.17, 15) is 4.79 Å². The Hall–Kier alpha value is -1.31. The maximum Gasteiger partial charge on any atom is 0.335 e. The molecule has 0 saturated heterocycles. The van der Waals surface area contributed by atoms with Crippen molar-refractivity contribution in [3.63, 3.8) is 0 Å². The van der Waals surface area contributed by atoms with E-state index in [-0.39, 0.29) is 5.41 Å². The lowest BCUT2D eigenvalue weighted by atomic mass is 9.82. The van der Waals surface area contributed by atoms with Crippen LogP contribution in [0.25, 0.3) is 0 Å². The second-order valence-electron chi connectivity index (χ2n) is 4.53. The van der Waals surface area contributed by atoms with Crippen molar-refractivity contribution in [3.05, 3.63) is 34.9 Å². The molecule has 14 heavy (non-hydrogen) atoms. The van der Waals surface area contributed by atoms with E-state index >= 15 is 0 Å². The Kier molecular flexibility index (Phi) is 2.65. The molecule has 1 N–H and O–H groups in total. The van der Waals surface area contributed by atoms with Crippen molar-refractivity contribution in [2.75, 3.05) is 0 Å². The Labute approximate surface area is 84.6 Å². The van der Waals surface area contributed by atoms with E-state index in [0.29, 0.717) is 5.56 Å². The van der Waals surface area contributed by atoms with E-state index in [1.54, 1.807) is 12.1 Å². The maximum absolute atomic E-state index is 10.9. The first kappa shape index (κ1) is 10.8. The summed E-state index contributed by atoms with van der Waals surface area (Å²) in [4.78, 5) is 10.9. The molecule has 0 heterocycles. The van der Waals surface area contributed by atoms with Crippen LogP contribution in [-0.4, -0.2) is 11.1 Å². The molecule has 0 spiro atoms. The summed E-state index contributed by atoms with van der Waals surface area (Å²) in [5, 5.41) is 8.96. The number of carboxylic acids is 1. The minimum atomic E-state index is -0.853. The number of benzene rings is 1. The Bertz CT molecular complexity index is 359. The van der Waals surface area contributed by atoms with Gasteiger partial charge in [0, 0.05) is 0 Å². The standard InChI is InChI=1S/C12H16O2/c1-8-9(11(13)14)6-5-7-10(8)12(2,3)4/h5-7H,1-4H3,(H,13,14). The number of hydrogen-bond donors (Lipinski definition) is 1. The lowest BCUT2D eigenvalue weighted by Gasteiger charge is -2.22. The number of rotatable bonds is 1. The highest BCUT2D eigenvalue weighted by Crippen LogP contribution is 2.27. The van der Waals surface area contributed by atoms with E-state index in [4.69, 9.17) is 5.11 Å². The van der Waals surface area contributed by atoms with Crippen LogP contribution in [0.2, 0.25) is 0 Å². The average molecular weight is 192 g/mol. The molecule has 0 atom stereocenters. The van der Waals surface area contributed by atoms with Crippen molar-refractivity contribution in [3.8, 4) is 0 Å². The van der Waals surface area contributed by atoms with Crippen molar-refractivity contribution in [1.82, 2.24) is 0 Å². The molecule has 2 nitrogen and oxygen atoms in total. The van der Waals surface area contributed by atoms with Crippen LogP contribution in [0.15, 0.2) is 18.2 Å².